The summed E-state index contributed by atoms with van der Waals surface area (Å²) in [7, 11) is 0.401. The molecule has 0 spiro atoms. The van der Waals surface area contributed by atoms with E-state index in [0.717, 1.165) is 48.3 Å². The van der Waals surface area contributed by atoms with Gasteiger partial charge >= 0.3 is 0 Å². The Balaban J connectivity index is 1.55. The number of amides is 1. The van der Waals surface area contributed by atoms with E-state index in [1.807, 2.05) is 54.6 Å². The second-order valence-electron chi connectivity index (χ2n) is 9.67. The van der Waals surface area contributed by atoms with Crippen LogP contribution < -0.4 is 14.8 Å². The molecule has 0 aliphatic carbocycles. The molecule has 3 aromatic rings. The van der Waals surface area contributed by atoms with Crippen molar-refractivity contribution in [2.24, 2.45) is 4.99 Å². The minimum absolute atomic E-state index is 0.288. The minimum Gasteiger partial charge on any atom is -0.496 e. The topological polar surface area (TPSA) is 86.2 Å². The van der Waals surface area contributed by atoms with Crippen LogP contribution in [0.3, 0.4) is 0 Å². The molecule has 1 N–H and O–H groups in total. The number of aliphatic imine (C=N–C) groups is 1. The van der Waals surface area contributed by atoms with Gasteiger partial charge in [0.1, 0.15) is 18.1 Å². The van der Waals surface area contributed by atoms with Gasteiger partial charge in [0.25, 0.3) is 0 Å². The predicted octanol–water partition coefficient (Wildman–Crippen LogP) is 7.87. The third-order valence-corrected chi connectivity index (χ3v) is 7.63. The lowest BCUT2D eigenvalue weighted by atomic mass is 10.0. The first-order chi connectivity index (χ1) is 21.5. The summed E-state index contributed by atoms with van der Waals surface area (Å²) in [6.07, 6.45) is 15.3. The lowest BCUT2D eigenvalue weighted by Gasteiger charge is -2.10. The lowest BCUT2D eigenvalue weighted by Crippen LogP contribution is -2.08. The van der Waals surface area contributed by atoms with Crippen molar-refractivity contribution in [2.75, 3.05) is 38.0 Å². The van der Waals surface area contributed by atoms with Crippen LogP contribution in [0.2, 0.25) is 0 Å². The summed E-state index contributed by atoms with van der Waals surface area (Å²) < 4.78 is 29.4. The summed E-state index contributed by atoms with van der Waals surface area (Å²) in [4.78, 5) is 17.5. The molecule has 7 nitrogen and oxygen atoms in total. The number of nitrogens with one attached hydrogen (secondary N) is 1. The van der Waals surface area contributed by atoms with Crippen LogP contribution in [0.5, 0.6) is 11.5 Å². The van der Waals surface area contributed by atoms with Crippen molar-refractivity contribution >= 4 is 34.7 Å². The van der Waals surface area contributed by atoms with Crippen molar-refractivity contribution in [3.05, 3.63) is 103 Å². The molecular formula is C36H42N2O5S. The average molecular weight is 615 g/mol. The number of carbonyl (C=O) groups excluding carboxylic acids is 1. The summed E-state index contributed by atoms with van der Waals surface area (Å²) in [5, 5.41) is 2.85. The van der Waals surface area contributed by atoms with E-state index in [0.29, 0.717) is 35.3 Å². The standard InChI is InChI=1S/C36H42N2O5S/c1-4-6-8-22-37-23-9-27-44(40)34-18-14-32(15-19-34)38-36(39)21-13-31-28-30(12-20-35(31)41-3)29-10-16-33(17-11-29)43-26-25-42-24-7-5-2/h6,8-23,28H,4-5,7,24-27H2,1-3H3,(H,38,39)/b8-6+,21-13+,23-9+,37-22+/t44-/m0/s1. The summed E-state index contributed by atoms with van der Waals surface area (Å²) in [6.45, 7) is 6.04. The molecule has 0 bridgehead atoms. The van der Waals surface area contributed by atoms with Gasteiger partial charge in [-0.1, -0.05) is 50.6 Å². The molecule has 0 aromatic heterocycles. The molecule has 44 heavy (non-hydrogen) atoms. The highest BCUT2D eigenvalue weighted by Gasteiger charge is 2.07. The zero-order chi connectivity index (χ0) is 31.4. The van der Waals surface area contributed by atoms with Crippen molar-refractivity contribution in [1.82, 2.24) is 0 Å². The van der Waals surface area contributed by atoms with E-state index in [9.17, 15) is 9.00 Å². The monoisotopic (exact) mass is 614 g/mol. The smallest absolute Gasteiger partial charge is 0.248 e. The average Bonchev–Trinajstić information content (AvgIpc) is 3.05. The Kier molecular flexibility index (Phi) is 15.4. The van der Waals surface area contributed by atoms with Gasteiger partial charge in [0.15, 0.2) is 0 Å². The number of rotatable bonds is 18. The Bertz CT molecular complexity index is 1440. The molecule has 3 rings (SSSR count). The van der Waals surface area contributed by atoms with Crippen LogP contribution in [0, 0.1) is 0 Å². The highest BCUT2D eigenvalue weighted by Crippen LogP contribution is 2.29. The number of hydrogen-bond acceptors (Lipinski definition) is 6. The number of ether oxygens (including phenoxy) is 3. The fraction of sp³-hybridized carbons (Fsp3) is 0.278. The van der Waals surface area contributed by atoms with Crippen molar-refractivity contribution in [3.63, 3.8) is 0 Å². The van der Waals surface area contributed by atoms with Crippen LogP contribution in [-0.2, 0) is 20.3 Å². The highest BCUT2D eigenvalue weighted by molar-refractivity contribution is 7.85. The zero-order valence-corrected chi connectivity index (χ0v) is 26.6. The van der Waals surface area contributed by atoms with Gasteiger partial charge in [-0.05, 0) is 84.7 Å². The normalized spacial score (nSPS) is 12.4. The fourth-order valence-electron chi connectivity index (χ4n) is 3.98. The second kappa shape index (κ2) is 19.8. The molecule has 1 atom stereocenters. The lowest BCUT2D eigenvalue weighted by molar-refractivity contribution is -0.111. The number of hydrogen-bond donors (Lipinski definition) is 1. The van der Waals surface area contributed by atoms with Gasteiger partial charge in [0, 0.05) is 47.0 Å². The number of carbonyl (C=O) groups is 1. The molecule has 0 saturated heterocycles. The molecule has 0 radical (unpaired) electrons. The van der Waals surface area contributed by atoms with Crippen molar-refractivity contribution in [3.8, 4) is 22.6 Å². The number of nitrogens with zero attached hydrogens (tertiary/aromatic N) is 1. The predicted molar refractivity (Wildman–Crippen MR) is 182 cm³/mol. The molecule has 232 valence electrons. The fourth-order valence-corrected chi connectivity index (χ4v) is 4.87. The van der Waals surface area contributed by atoms with Crippen molar-refractivity contribution in [2.45, 2.75) is 38.0 Å². The number of allylic oxidation sites excluding steroid dienone is 2. The van der Waals surface area contributed by atoms with Crippen LogP contribution >= 0.6 is 0 Å². The SMILES string of the molecule is CC/C=C/C=N/C=C/C[S@](=O)c1ccc(NC(=O)/C=C/c2cc(-c3ccc(OCCOCCCC)cc3)ccc2OC)cc1. The van der Waals surface area contributed by atoms with Gasteiger partial charge in [-0.2, -0.15) is 0 Å². The Morgan fingerprint density at radius 3 is 2.43 bits per heavy atom. The third kappa shape index (κ3) is 12.1. The van der Waals surface area contributed by atoms with Crippen LogP contribution in [0.25, 0.3) is 17.2 Å². The van der Waals surface area contributed by atoms with Gasteiger partial charge in [-0.15, -0.1) is 0 Å². The van der Waals surface area contributed by atoms with Crippen LogP contribution in [0.1, 0.15) is 38.7 Å². The molecule has 0 aliphatic heterocycles. The molecule has 1 amide bonds. The third-order valence-electron chi connectivity index (χ3n) is 6.34. The van der Waals surface area contributed by atoms with E-state index >= 15 is 0 Å². The van der Waals surface area contributed by atoms with Gasteiger partial charge < -0.3 is 19.5 Å². The molecule has 3 aromatic carbocycles. The minimum atomic E-state index is -1.20. The molecule has 8 heteroatoms. The number of benzene rings is 3. The first-order valence-corrected chi connectivity index (χ1v) is 16.2. The number of methoxy groups -OCH3 is 1. The molecular weight excluding hydrogens is 572 g/mol. The van der Waals surface area contributed by atoms with E-state index in [2.05, 4.69) is 24.2 Å². The largest absolute Gasteiger partial charge is 0.496 e. The Morgan fingerprint density at radius 2 is 1.70 bits per heavy atom. The Morgan fingerprint density at radius 1 is 0.932 bits per heavy atom. The summed E-state index contributed by atoms with van der Waals surface area (Å²) in [5.41, 5.74) is 3.38. The Labute approximate surface area is 263 Å². The van der Waals surface area contributed by atoms with Crippen LogP contribution in [0.4, 0.5) is 5.69 Å². The van der Waals surface area contributed by atoms with Gasteiger partial charge in [0.05, 0.1) is 24.5 Å². The quantitative estimate of drug-likeness (QED) is 0.0895. The van der Waals surface area contributed by atoms with Crippen molar-refractivity contribution < 1.29 is 23.2 Å². The van der Waals surface area contributed by atoms with Crippen molar-refractivity contribution in [1.29, 1.82) is 0 Å². The summed E-state index contributed by atoms with van der Waals surface area (Å²) in [5.74, 6) is 1.51. The van der Waals surface area contributed by atoms with Gasteiger partial charge in [-0.25, -0.2) is 0 Å². The molecule has 0 unspecified atom stereocenters. The van der Waals surface area contributed by atoms with E-state index < -0.39 is 10.8 Å². The van der Waals surface area contributed by atoms with E-state index in [1.54, 1.807) is 55.9 Å². The van der Waals surface area contributed by atoms with Gasteiger partial charge in [0.2, 0.25) is 5.91 Å². The molecule has 0 saturated carbocycles. The van der Waals surface area contributed by atoms with E-state index in [-0.39, 0.29) is 5.91 Å². The maximum absolute atomic E-state index is 12.7. The highest BCUT2D eigenvalue weighted by atomic mass is 32.2. The van der Waals surface area contributed by atoms with E-state index in [4.69, 9.17) is 14.2 Å². The van der Waals surface area contributed by atoms with Gasteiger partial charge in [-0.3, -0.25) is 14.0 Å². The van der Waals surface area contributed by atoms with E-state index in [1.165, 1.54) is 6.08 Å². The maximum Gasteiger partial charge on any atom is 0.248 e. The molecule has 0 aliphatic rings. The summed E-state index contributed by atoms with van der Waals surface area (Å²) in [6, 6.07) is 20.7. The maximum atomic E-state index is 12.7. The summed E-state index contributed by atoms with van der Waals surface area (Å²) >= 11 is 0. The Hall–Kier alpha value is -4.27. The zero-order valence-electron chi connectivity index (χ0n) is 25.7. The first kappa shape index (κ1) is 34.2. The van der Waals surface area contributed by atoms with Crippen LogP contribution in [0.15, 0.2) is 107 Å². The second-order valence-corrected chi connectivity index (χ2v) is 11.2. The number of anilines is 1. The molecule has 0 fully saturated rings. The molecule has 0 heterocycles. The first-order valence-electron chi connectivity index (χ1n) is 14.8. The van der Waals surface area contributed by atoms with Crippen LogP contribution in [-0.4, -0.2) is 49.0 Å². The number of unbranched alkanes of at least 4 members (excludes halogenated alkanes) is 1.